The average Bonchev–Trinajstić information content (AvgIpc) is 2.35. The maximum absolute atomic E-state index is 11.6. The Hall–Kier alpha value is -1.75. The SMILES string of the molecule is CC(C)NC(=O)CN(C)CCCOc1ccccc1N. The molecule has 0 aliphatic rings. The van der Waals surface area contributed by atoms with Crippen LogP contribution in [0.5, 0.6) is 5.75 Å². The van der Waals surface area contributed by atoms with Gasteiger partial charge < -0.3 is 15.8 Å². The molecular formula is C15H25N3O2. The van der Waals surface area contributed by atoms with Gasteiger partial charge in [0.1, 0.15) is 5.75 Å². The van der Waals surface area contributed by atoms with E-state index < -0.39 is 0 Å². The first-order valence-corrected chi connectivity index (χ1v) is 6.94. The second-order valence-corrected chi connectivity index (χ2v) is 5.20. The zero-order chi connectivity index (χ0) is 15.0. The monoisotopic (exact) mass is 279 g/mol. The van der Waals surface area contributed by atoms with Crippen molar-refractivity contribution in [1.29, 1.82) is 0 Å². The minimum atomic E-state index is 0.0516. The Morgan fingerprint density at radius 1 is 1.40 bits per heavy atom. The molecule has 5 heteroatoms. The number of anilines is 1. The highest BCUT2D eigenvalue weighted by atomic mass is 16.5. The Labute approximate surface area is 121 Å². The van der Waals surface area contributed by atoms with Crippen LogP contribution >= 0.6 is 0 Å². The van der Waals surface area contributed by atoms with E-state index in [2.05, 4.69) is 5.32 Å². The summed E-state index contributed by atoms with van der Waals surface area (Å²) in [4.78, 5) is 13.5. The third-order valence-electron chi connectivity index (χ3n) is 2.72. The zero-order valence-electron chi connectivity index (χ0n) is 12.6. The van der Waals surface area contributed by atoms with E-state index in [-0.39, 0.29) is 11.9 Å². The highest BCUT2D eigenvalue weighted by molar-refractivity contribution is 5.78. The molecule has 0 spiro atoms. The Balaban J connectivity index is 2.18. The van der Waals surface area contributed by atoms with Gasteiger partial charge in [-0.15, -0.1) is 0 Å². The van der Waals surface area contributed by atoms with E-state index in [1.54, 1.807) is 0 Å². The lowest BCUT2D eigenvalue weighted by Crippen LogP contribution is -2.39. The summed E-state index contributed by atoms with van der Waals surface area (Å²) in [6, 6.07) is 7.63. The van der Waals surface area contributed by atoms with Crippen LogP contribution in [0.4, 0.5) is 5.69 Å². The number of likely N-dealkylation sites (N-methyl/N-ethyl adjacent to an activating group) is 1. The van der Waals surface area contributed by atoms with Gasteiger partial charge in [-0.05, 0) is 39.4 Å². The van der Waals surface area contributed by atoms with E-state index in [0.29, 0.717) is 24.6 Å². The molecule has 3 N–H and O–H groups in total. The summed E-state index contributed by atoms with van der Waals surface area (Å²) in [6.45, 7) is 5.71. The van der Waals surface area contributed by atoms with E-state index in [4.69, 9.17) is 10.5 Å². The molecule has 5 nitrogen and oxygen atoms in total. The molecule has 0 saturated carbocycles. The molecule has 20 heavy (non-hydrogen) atoms. The van der Waals surface area contributed by atoms with Gasteiger partial charge in [0.15, 0.2) is 0 Å². The molecule has 0 fully saturated rings. The zero-order valence-corrected chi connectivity index (χ0v) is 12.6. The number of hydrogen-bond donors (Lipinski definition) is 2. The van der Waals surface area contributed by atoms with E-state index in [0.717, 1.165) is 13.0 Å². The van der Waals surface area contributed by atoms with Gasteiger partial charge in [-0.3, -0.25) is 9.69 Å². The van der Waals surface area contributed by atoms with Gasteiger partial charge >= 0.3 is 0 Å². The molecule has 0 aliphatic heterocycles. The van der Waals surface area contributed by atoms with Gasteiger partial charge in [0.25, 0.3) is 0 Å². The molecule has 0 heterocycles. The fourth-order valence-electron chi connectivity index (χ4n) is 1.82. The van der Waals surface area contributed by atoms with Crippen molar-refractivity contribution >= 4 is 11.6 Å². The van der Waals surface area contributed by atoms with E-state index in [9.17, 15) is 4.79 Å². The predicted octanol–water partition coefficient (Wildman–Crippen LogP) is 1.49. The van der Waals surface area contributed by atoms with Gasteiger partial charge in [-0.2, -0.15) is 0 Å². The lowest BCUT2D eigenvalue weighted by Gasteiger charge is -2.17. The highest BCUT2D eigenvalue weighted by Gasteiger charge is 2.07. The Kier molecular flexibility index (Phi) is 6.87. The Morgan fingerprint density at radius 3 is 2.75 bits per heavy atom. The summed E-state index contributed by atoms with van der Waals surface area (Å²) in [6.07, 6.45) is 0.847. The topological polar surface area (TPSA) is 67.6 Å². The molecule has 0 radical (unpaired) electrons. The maximum atomic E-state index is 11.6. The lowest BCUT2D eigenvalue weighted by molar-refractivity contribution is -0.122. The highest BCUT2D eigenvalue weighted by Crippen LogP contribution is 2.19. The third kappa shape index (κ3) is 6.43. The molecule has 1 rings (SSSR count). The number of nitrogens with one attached hydrogen (secondary N) is 1. The summed E-state index contributed by atoms with van der Waals surface area (Å²) >= 11 is 0. The molecule has 112 valence electrons. The van der Waals surface area contributed by atoms with Gasteiger partial charge in [0.2, 0.25) is 5.91 Å². The largest absolute Gasteiger partial charge is 0.491 e. The number of nitrogens with zero attached hydrogens (tertiary/aromatic N) is 1. The molecule has 0 saturated heterocycles. The smallest absolute Gasteiger partial charge is 0.234 e. The number of amides is 1. The first-order chi connectivity index (χ1) is 9.49. The number of rotatable bonds is 8. The number of para-hydroxylation sites is 2. The predicted molar refractivity (Wildman–Crippen MR) is 81.7 cm³/mol. The molecule has 0 unspecified atom stereocenters. The first kappa shape index (κ1) is 16.3. The van der Waals surface area contributed by atoms with Gasteiger partial charge in [0.05, 0.1) is 18.8 Å². The van der Waals surface area contributed by atoms with Crippen molar-refractivity contribution in [3.63, 3.8) is 0 Å². The molecule has 0 atom stereocenters. The molecular weight excluding hydrogens is 254 g/mol. The van der Waals surface area contributed by atoms with Crippen LogP contribution in [0.15, 0.2) is 24.3 Å². The van der Waals surface area contributed by atoms with Crippen LogP contribution in [0.25, 0.3) is 0 Å². The van der Waals surface area contributed by atoms with Crippen LogP contribution in [-0.2, 0) is 4.79 Å². The van der Waals surface area contributed by atoms with E-state index >= 15 is 0 Å². The summed E-state index contributed by atoms with van der Waals surface area (Å²) < 4.78 is 5.60. The number of carbonyl (C=O) groups is 1. The normalized spacial score (nSPS) is 10.8. The number of benzene rings is 1. The third-order valence-corrected chi connectivity index (χ3v) is 2.72. The maximum Gasteiger partial charge on any atom is 0.234 e. The average molecular weight is 279 g/mol. The van der Waals surface area contributed by atoms with Crippen LogP contribution in [-0.4, -0.2) is 43.6 Å². The molecule has 1 amide bonds. The van der Waals surface area contributed by atoms with Crippen LogP contribution in [0, 0.1) is 0 Å². The number of hydrogen-bond acceptors (Lipinski definition) is 4. The summed E-state index contributed by atoms with van der Waals surface area (Å²) in [5, 5.41) is 2.87. The van der Waals surface area contributed by atoms with Crippen molar-refractivity contribution in [1.82, 2.24) is 10.2 Å². The van der Waals surface area contributed by atoms with E-state index in [1.807, 2.05) is 50.1 Å². The lowest BCUT2D eigenvalue weighted by atomic mass is 10.3. The standard InChI is InChI=1S/C15H25N3O2/c1-12(2)17-15(19)11-18(3)9-6-10-20-14-8-5-4-7-13(14)16/h4-5,7-8,12H,6,9-11,16H2,1-3H3,(H,17,19). The number of ether oxygens (including phenoxy) is 1. The van der Waals surface area contributed by atoms with Crippen LogP contribution in [0.2, 0.25) is 0 Å². The molecule has 1 aromatic rings. The first-order valence-electron chi connectivity index (χ1n) is 6.94. The Bertz CT molecular complexity index is 421. The molecule has 0 aromatic heterocycles. The van der Waals surface area contributed by atoms with Gasteiger partial charge in [0, 0.05) is 12.6 Å². The summed E-state index contributed by atoms with van der Waals surface area (Å²) in [5.41, 5.74) is 6.44. The van der Waals surface area contributed by atoms with Gasteiger partial charge in [-0.25, -0.2) is 0 Å². The fourth-order valence-corrected chi connectivity index (χ4v) is 1.82. The minimum absolute atomic E-state index is 0.0516. The number of nitrogens with two attached hydrogens (primary N) is 1. The van der Waals surface area contributed by atoms with Crippen LogP contribution in [0.3, 0.4) is 0 Å². The summed E-state index contributed by atoms with van der Waals surface area (Å²) in [5.74, 6) is 0.767. The number of carbonyl (C=O) groups excluding carboxylic acids is 1. The second-order valence-electron chi connectivity index (χ2n) is 5.20. The van der Waals surface area contributed by atoms with Crippen molar-refractivity contribution < 1.29 is 9.53 Å². The number of nitrogen functional groups attached to an aromatic ring is 1. The van der Waals surface area contributed by atoms with E-state index in [1.165, 1.54) is 0 Å². The van der Waals surface area contributed by atoms with Gasteiger partial charge in [-0.1, -0.05) is 12.1 Å². The Morgan fingerprint density at radius 2 is 2.10 bits per heavy atom. The molecule has 0 bridgehead atoms. The molecule has 1 aromatic carbocycles. The van der Waals surface area contributed by atoms with Crippen molar-refractivity contribution in [2.75, 3.05) is 32.5 Å². The van der Waals surface area contributed by atoms with Crippen molar-refractivity contribution in [2.45, 2.75) is 26.3 Å². The fraction of sp³-hybridized carbons (Fsp3) is 0.533. The van der Waals surface area contributed by atoms with Crippen molar-refractivity contribution in [3.05, 3.63) is 24.3 Å². The molecule has 0 aliphatic carbocycles. The summed E-state index contributed by atoms with van der Waals surface area (Å²) in [7, 11) is 1.93. The van der Waals surface area contributed by atoms with Crippen LogP contribution in [0.1, 0.15) is 20.3 Å². The second kappa shape index (κ2) is 8.43. The van der Waals surface area contributed by atoms with Crippen molar-refractivity contribution in [3.8, 4) is 5.75 Å². The van der Waals surface area contributed by atoms with Crippen molar-refractivity contribution in [2.24, 2.45) is 0 Å². The minimum Gasteiger partial charge on any atom is -0.491 e. The van der Waals surface area contributed by atoms with Crippen LogP contribution < -0.4 is 15.8 Å². The quantitative estimate of drug-likeness (QED) is 0.559.